The van der Waals surface area contributed by atoms with Crippen LogP contribution in [0.25, 0.3) is 0 Å². The average Bonchev–Trinajstić information content (AvgIpc) is 2.48. The number of aryl methyl sites for hydroxylation is 1. The predicted octanol–water partition coefficient (Wildman–Crippen LogP) is 1.20. The minimum Gasteiger partial charge on any atom is -0.395 e. The molecule has 0 unspecified atom stereocenters. The maximum atomic E-state index is 12.3. The van der Waals surface area contributed by atoms with Gasteiger partial charge in [-0.05, 0) is 30.7 Å². The zero-order valence-electron chi connectivity index (χ0n) is 13.7. The molecule has 1 heterocycles. The first-order chi connectivity index (χ1) is 10.5. The lowest BCUT2D eigenvalue weighted by Crippen LogP contribution is -2.50. The molecule has 0 radical (unpaired) electrons. The van der Waals surface area contributed by atoms with Gasteiger partial charge in [0.25, 0.3) is 0 Å². The van der Waals surface area contributed by atoms with Crippen LogP contribution in [-0.4, -0.2) is 74.4 Å². The smallest absolute Gasteiger partial charge is 0.321 e. The Morgan fingerprint density at radius 1 is 1.27 bits per heavy atom. The summed E-state index contributed by atoms with van der Waals surface area (Å²) in [5.74, 6) is 0. The molecule has 6 nitrogen and oxygen atoms in total. The third-order valence-electron chi connectivity index (χ3n) is 4.01. The van der Waals surface area contributed by atoms with Crippen molar-refractivity contribution >= 4 is 17.4 Å². The number of β-amino-alcohol motifs (C(OH)–C–C–N with tert-alkyl or cyclic N) is 1. The number of nitrogens with zero attached hydrogens (tertiary/aromatic N) is 3. The number of piperazine rings is 1. The number of aliphatic hydroxyl groups excluding tert-OH is 1. The SMILES string of the molecule is Cc1cc(NC(=O)N2CCN(CCO)CC2)ccc1N(C)C. The molecule has 0 aliphatic carbocycles. The molecule has 22 heavy (non-hydrogen) atoms. The van der Waals surface area contributed by atoms with Crippen LogP contribution in [-0.2, 0) is 0 Å². The highest BCUT2D eigenvalue weighted by molar-refractivity contribution is 5.89. The Kier molecular flexibility index (Phi) is 5.63. The molecule has 1 aromatic carbocycles. The van der Waals surface area contributed by atoms with Gasteiger partial charge in [-0.1, -0.05) is 0 Å². The number of carbonyl (C=O) groups excluding carboxylic acids is 1. The van der Waals surface area contributed by atoms with Crippen molar-refractivity contribution in [1.29, 1.82) is 0 Å². The maximum Gasteiger partial charge on any atom is 0.321 e. The van der Waals surface area contributed by atoms with Gasteiger partial charge in [-0.3, -0.25) is 4.90 Å². The summed E-state index contributed by atoms with van der Waals surface area (Å²) < 4.78 is 0. The second-order valence-corrected chi connectivity index (χ2v) is 5.88. The largest absolute Gasteiger partial charge is 0.395 e. The molecule has 1 aliphatic heterocycles. The molecular weight excluding hydrogens is 280 g/mol. The van der Waals surface area contributed by atoms with Crippen LogP contribution in [0.1, 0.15) is 5.56 Å². The molecule has 0 saturated carbocycles. The Morgan fingerprint density at radius 2 is 1.95 bits per heavy atom. The van der Waals surface area contributed by atoms with Crippen LogP contribution >= 0.6 is 0 Å². The number of benzene rings is 1. The van der Waals surface area contributed by atoms with Gasteiger partial charge in [0.1, 0.15) is 0 Å². The molecule has 1 aliphatic rings. The van der Waals surface area contributed by atoms with Gasteiger partial charge in [0.05, 0.1) is 6.61 Å². The molecule has 0 aromatic heterocycles. The van der Waals surface area contributed by atoms with Crippen LogP contribution in [0, 0.1) is 6.92 Å². The van der Waals surface area contributed by atoms with Crippen LogP contribution in [0.15, 0.2) is 18.2 Å². The van der Waals surface area contributed by atoms with Crippen LogP contribution < -0.4 is 10.2 Å². The van der Waals surface area contributed by atoms with E-state index in [9.17, 15) is 4.79 Å². The van der Waals surface area contributed by atoms with Crippen molar-refractivity contribution in [1.82, 2.24) is 9.80 Å². The summed E-state index contributed by atoms with van der Waals surface area (Å²) in [6.07, 6.45) is 0. The van der Waals surface area contributed by atoms with Crippen molar-refractivity contribution < 1.29 is 9.90 Å². The number of rotatable bonds is 4. The predicted molar refractivity (Wildman–Crippen MR) is 89.6 cm³/mol. The fraction of sp³-hybridized carbons (Fsp3) is 0.562. The fourth-order valence-electron chi connectivity index (χ4n) is 2.75. The Morgan fingerprint density at radius 3 is 2.50 bits per heavy atom. The van der Waals surface area contributed by atoms with Gasteiger partial charge in [0.2, 0.25) is 0 Å². The van der Waals surface area contributed by atoms with Crippen molar-refractivity contribution in [2.75, 3.05) is 63.6 Å². The zero-order chi connectivity index (χ0) is 16.1. The zero-order valence-corrected chi connectivity index (χ0v) is 13.7. The topological polar surface area (TPSA) is 59.1 Å². The van der Waals surface area contributed by atoms with Crippen LogP contribution in [0.3, 0.4) is 0 Å². The van der Waals surface area contributed by atoms with E-state index in [-0.39, 0.29) is 12.6 Å². The summed E-state index contributed by atoms with van der Waals surface area (Å²) in [4.78, 5) is 18.3. The second-order valence-electron chi connectivity index (χ2n) is 5.88. The Labute approximate surface area is 132 Å². The Hall–Kier alpha value is -1.79. The molecule has 0 bridgehead atoms. The minimum absolute atomic E-state index is 0.0550. The molecule has 2 rings (SSSR count). The number of urea groups is 1. The summed E-state index contributed by atoms with van der Waals surface area (Å²) in [6, 6.07) is 5.89. The van der Waals surface area contributed by atoms with Crippen molar-refractivity contribution in [2.45, 2.75) is 6.92 Å². The first-order valence-electron chi connectivity index (χ1n) is 7.68. The van der Waals surface area contributed by atoms with Crippen molar-refractivity contribution in [2.24, 2.45) is 0 Å². The maximum absolute atomic E-state index is 12.3. The highest BCUT2D eigenvalue weighted by Gasteiger charge is 2.20. The molecule has 2 amide bonds. The molecule has 2 N–H and O–H groups in total. The number of hydrogen-bond acceptors (Lipinski definition) is 4. The van der Waals surface area contributed by atoms with Gasteiger partial charge in [-0.2, -0.15) is 0 Å². The Bertz CT molecular complexity index is 511. The van der Waals surface area contributed by atoms with E-state index in [1.165, 1.54) is 0 Å². The number of amides is 2. The fourth-order valence-corrected chi connectivity index (χ4v) is 2.75. The number of aliphatic hydroxyl groups is 1. The van der Waals surface area contributed by atoms with Gasteiger partial charge in [0, 0.05) is 58.2 Å². The molecule has 0 atom stereocenters. The van der Waals surface area contributed by atoms with Crippen molar-refractivity contribution in [3.05, 3.63) is 23.8 Å². The van der Waals surface area contributed by atoms with E-state index in [1.807, 2.05) is 44.1 Å². The van der Waals surface area contributed by atoms with E-state index < -0.39 is 0 Å². The van der Waals surface area contributed by atoms with E-state index in [2.05, 4.69) is 15.1 Å². The van der Waals surface area contributed by atoms with Gasteiger partial charge >= 0.3 is 6.03 Å². The molecule has 0 spiro atoms. The first kappa shape index (κ1) is 16.6. The summed E-state index contributed by atoms with van der Waals surface area (Å²) >= 11 is 0. The standard InChI is InChI=1S/C16H26N4O2/c1-13-12-14(4-5-15(13)18(2)3)17-16(22)20-8-6-19(7-9-20)10-11-21/h4-5,12,21H,6-11H2,1-3H3,(H,17,22). The third-order valence-corrected chi connectivity index (χ3v) is 4.01. The van der Waals surface area contributed by atoms with Crippen LogP contribution in [0.2, 0.25) is 0 Å². The summed E-state index contributed by atoms with van der Waals surface area (Å²) in [5, 5.41) is 11.9. The van der Waals surface area contributed by atoms with E-state index >= 15 is 0 Å². The normalized spacial score (nSPS) is 15.7. The highest BCUT2D eigenvalue weighted by Crippen LogP contribution is 2.22. The summed E-state index contributed by atoms with van der Waals surface area (Å²) in [5.41, 5.74) is 3.11. The van der Waals surface area contributed by atoms with E-state index in [0.717, 1.165) is 30.0 Å². The number of anilines is 2. The molecule has 1 aromatic rings. The van der Waals surface area contributed by atoms with Crippen molar-refractivity contribution in [3.63, 3.8) is 0 Å². The quantitative estimate of drug-likeness (QED) is 0.878. The number of carbonyl (C=O) groups is 1. The minimum atomic E-state index is -0.0550. The van der Waals surface area contributed by atoms with Gasteiger partial charge in [-0.15, -0.1) is 0 Å². The van der Waals surface area contributed by atoms with Crippen molar-refractivity contribution in [3.8, 4) is 0 Å². The van der Waals surface area contributed by atoms with E-state index in [1.54, 1.807) is 0 Å². The monoisotopic (exact) mass is 306 g/mol. The first-order valence-corrected chi connectivity index (χ1v) is 7.68. The molecule has 1 fully saturated rings. The third kappa shape index (κ3) is 4.11. The Balaban J connectivity index is 1.91. The van der Waals surface area contributed by atoms with Gasteiger partial charge in [0.15, 0.2) is 0 Å². The highest BCUT2D eigenvalue weighted by atomic mass is 16.3. The van der Waals surface area contributed by atoms with Gasteiger partial charge < -0.3 is 20.2 Å². The van der Waals surface area contributed by atoms with Crippen LogP contribution in [0.5, 0.6) is 0 Å². The lowest BCUT2D eigenvalue weighted by Gasteiger charge is -2.34. The van der Waals surface area contributed by atoms with E-state index in [0.29, 0.717) is 19.6 Å². The number of nitrogens with one attached hydrogen (secondary N) is 1. The van der Waals surface area contributed by atoms with E-state index in [4.69, 9.17) is 5.11 Å². The molecule has 122 valence electrons. The molecule has 1 saturated heterocycles. The lowest BCUT2D eigenvalue weighted by atomic mass is 10.1. The lowest BCUT2D eigenvalue weighted by molar-refractivity contribution is 0.127. The average molecular weight is 306 g/mol. The van der Waals surface area contributed by atoms with Crippen LogP contribution in [0.4, 0.5) is 16.2 Å². The summed E-state index contributed by atoms with van der Waals surface area (Å²) in [7, 11) is 4.01. The van der Waals surface area contributed by atoms with Gasteiger partial charge in [-0.25, -0.2) is 4.79 Å². The second kappa shape index (κ2) is 7.47. The molecule has 6 heteroatoms. The molecular formula is C16H26N4O2. The summed E-state index contributed by atoms with van der Waals surface area (Å²) in [6.45, 7) is 5.91. The number of hydrogen-bond donors (Lipinski definition) is 2.